The van der Waals surface area contributed by atoms with Gasteiger partial charge in [-0.1, -0.05) is 0 Å². The third kappa shape index (κ3) is 2.09. The molecule has 0 spiro atoms. The molecule has 0 atom stereocenters. The summed E-state index contributed by atoms with van der Waals surface area (Å²) in [6.07, 6.45) is 3.59. The van der Waals surface area contributed by atoms with Crippen molar-refractivity contribution in [3.63, 3.8) is 0 Å². The van der Waals surface area contributed by atoms with E-state index in [1.54, 1.807) is 20.0 Å². The lowest BCUT2D eigenvalue weighted by atomic mass is 9.94. The summed E-state index contributed by atoms with van der Waals surface area (Å²) in [6, 6.07) is 3.81. The van der Waals surface area contributed by atoms with E-state index < -0.39 is 11.4 Å². The molecule has 2 rings (SSSR count). The molecule has 0 aliphatic rings. The summed E-state index contributed by atoms with van der Waals surface area (Å²) in [4.78, 5) is 15.5. The molecule has 0 radical (unpaired) electrons. The van der Waals surface area contributed by atoms with Crippen LogP contribution in [0.2, 0.25) is 0 Å². The molecule has 0 saturated heterocycles. The van der Waals surface area contributed by atoms with Crippen molar-refractivity contribution in [1.82, 2.24) is 9.55 Å². The highest BCUT2D eigenvalue weighted by atomic mass is 16.4. The normalized spacial score (nSPS) is 11.9. The van der Waals surface area contributed by atoms with E-state index in [1.807, 2.05) is 22.9 Å². The van der Waals surface area contributed by atoms with Crippen molar-refractivity contribution < 1.29 is 9.90 Å². The van der Waals surface area contributed by atoms with Gasteiger partial charge in [-0.2, -0.15) is 0 Å². The molecule has 96 valence electrons. The van der Waals surface area contributed by atoms with E-state index in [2.05, 4.69) is 4.98 Å². The van der Waals surface area contributed by atoms with Gasteiger partial charge in [0.1, 0.15) is 5.65 Å². The Morgan fingerprint density at radius 2 is 2.28 bits per heavy atom. The summed E-state index contributed by atoms with van der Waals surface area (Å²) in [7, 11) is 0. The first-order chi connectivity index (χ1) is 8.45. The molecule has 5 nitrogen and oxygen atoms in total. The van der Waals surface area contributed by atoms with Crippen molar-refractivity contribution in [2.75, 3.05) is 0 Å². The Bertz CT molecular complexity index is 587. The van der Waals surface area contributed by atoms with E-state index in [1.165, 1.54) is 0 Å². The van der Waals surface area contributed by atoms with Gasteiger partial charge in [-0.3, -0.25) is 4.79 Å². The predicted molar refractivity (Wildman–Crippen MR) is 69.0 cm³/mol. The number of hydrogen-bond acceptors (Lipinski definition) is 3. The minimum absolute atomic E-state index is 0.371. The van der Waals surface area contributed by atoms with E-state index in [4.69, 9.17) is 5.73 Å². The monoisotopic (exact) mass is 247 g/mol. The number of aliphatic carboxylic acids is 1. The first-order valence-corrected chi connectivity index (χ1v) is 5.82. The van der Waals surface area contributed by atoms with E-state index in [0.29, 0.717) is 13.1 Å². The van der Waals surface area contributed by atoms with E-state index in [0.717, 1.165) is 16.6 Å². The highest BCUT2D eigenvalue weighted by Crippen LogP contribution is 2.24. The molecule has 0 aromatic carbocycles. The Morgan fingerprint density at radius 1 is 1.56 bits per heavy atom. The van der Waals surface area contributed by atoms with Crippen molar-refractivity contribution in [2.45, 2.75) is 26.9 Å². The van der Waals surface area contributed by atoms with Gasteiger partial charge in [0.2, 0.25) is 0 Å². The van der Waals surface area contributed by atoms with Crippen molar-refractivity contribution in [3.05, 3.63) is 30.1 Å². The summed E-state index contributed by atoms with van der Waals surface area (Å²) in [5.74, 6) is -0.824. The first-order valence-electron chi connectivity index (χ1n) is 5.82. The topological polar surface area (TPSA) is 81.1 Å². The Balaban J connectivity index is 2.49. The molecule has 0 amide bonds. The largest absolute Gasteiger partial charge is 0.481 e. The van der Waals surface area contributed by atoms with Crippen molar-refractivity contribution in [3.8, 4) is 0 Å². The molecule has 3 N–H and O–H groups in total. The fourth-order valence-electron chi connectivity index (χ4n) is 1.97. The average molecular weight is 247 g/mol. The Morgan fingerprint density at radius 3 is 2.89 bits per heavy atom. The van der Waals surface area contributed by atoms with Gasteiger partial charge < -0.3 is 15.4 Å². The van der Waals surface area contributed by atoms with Crippen LogP contribution in [0.15, 0.2) is 24.5 Å². The van der Waals surface area contributed by atoms with Crippen LogP contribution in [0, 0.1) is 5.41 Å². The summed E-state index contributed by atoms with van der Waals surface area (Å²) in [6.45, 7) is 4.19. The number of carbonyl (C=O) groups is 1. The van der Waals surface area contributed by atoms with Gasteiger partial charge in [0.05, 0.1) is 5.41 Å². The van der Waals surface area contributed by atoms with Crippen LogP contribution in [0.5, 0.6) is 0 Å². The van der Waals surface area contributed by atoms with Crippen LogP contribution < -0.4 is 5.73 Å². The van der Waals surface area contributed by atoms with Crippen LogP contribution >= 0.6 is 0 Å². The number of fused-ring (bicyclic) bond motifs is 1. The van der Waals surface area contributed by atoms with Crippen molar-refractivity contribution >= 4 is 17.0 Å². The molecule has 0 saturated carbocycles. The SMILES string of the molecule is CC(C)(Cn1cc(CN)c2cccnc21)C(=O)O. The number of rotatable bonds is 4. The van der Waals surface area contributed by atoms with Gasteiger partial charge in [0, 0.05) is 30.9 Å². The van der Waals surface area contributed by atoms with Gasteiger partial charge in [-0.15, -0.1) is 0 Å². The third-order valence-electron chi connectivity index (χ3n) is 3.08. The van der Waals surface area contributed by atoms with Crippen LogP contribution in [0.4, 0.5) is 0 Å². The molecule has 2 heterocycles. The lowest BCUT2D eigenvalue weighted by molar-refractivity contribution is -0.147. The number of nitrogens with two attached hydrogens (primary N) is 1. The van der Waals surface area contributed by atoms with Crippen LogP contribution in [-0.4, -0.2) is 20.6 Å². The molecule has 18 heavy (non-hydrogen) atoms. The maximum absolute atomic E-state index is 11.2. The van der Waals surface area contributed by atoms with Crippen molar-refractivity contribution in [2.24, 2.45) is 11.1 Å². The molecule has 0 fully saturated rings. The smallest absolute Gasteiger partial charge is 0.310 e. The molecule has 0 bridgehead atoms. The zero-order valence-electron chi connectivity index (χ0n) is 10.6. The zero-order chi connectivity index (χ0) is 13.3. The lowest BCUT2D eigenvalue weighted by Crippen LogP contribution is -2.29. The van der Waals surface area contributed by atoms with Gasteiger partial charge in [-0.25, -0.2) is 4.98 Å². The summed E-state index contributed by atoms with van der Waals surface area (Å²) in [5, 5.41) is 10.2. The second-order valence-corrected chi connectivity index (χ2v) is 5.05. The number of carboxylic acids is 1. The number of carboxylic acid groups (broad SMARTS) is 1. The van der Waals surface area contributed by atoms with Gasteiger partial charge >= 0.3 is 5.97 Å². The van der Waals surface area contributed by atoms with Crippen LogP contribution in [0.3, 0.4) is 0 Å². The maximum atomic E-state index is 11.2. The Labute approximate surface area is 105 Å². The van der Waals surface area contributed by atoms with Crippen LogP contribution in [0.1, 0.15) is 19.4 Å². The van der Waals surface area contributed by atoms with Gasteiger partial charge in [0.25, 0.3) is 0 Å². The minimum Gasteiger partial charge on any atom is -0.481 e. The van der Waals surface area contributed by atoms with E-state index in [9.17, 15) is 9.90 Å². The van der Waals surface area contributed by atoms with Crippen LogP contribution in [0.25, 0.3) is 11.0 Å². The van der Waals surface area contributed by atoms with Gasteiger partial charge in [-0.05, 0) is 31.5 Å². The first kappa shape index (κ1) is 12.6. The summed E-state index contributed by atoms with van der Waals surface area (Å²) >= 11 is 0. The molecular weight excluding hydrogens is 230 g/mol. The highest BCUT2D eigenvalue weighted by Gasteiger charge is 2.28. The Kier molecular flexibility index (Phi) is 3.09. The second-order valence-electron chi connectivity index (χ2n) is 5.05. The maximum Gasteiger partial charge on any atom is 0.310 e. The molecule has 0 unspecified atom stereocenters. The quantitative estimate of drug-likeness (QED) is 0.860. The summed E-state index contributed by atoms with van der Waals surface area (Å²) < 4.78 is 1.87. The number of aromatic nitrogens is 2. The Hall–Kier alpha value is -1.88. The second kappa shape index (κ2) is 4.42. The fourth-order valence-corrected chi connectivity index (χ4v) is 1.97. The van der Waals surface area contributed by atoms with Crippen molar-refractivity contribution in [1.29, 1.82) is 0 Å². The summed E-state index contributed by atoms with van der Waals surface area (Å²) in [5.41, 5.74) is 6.63. The minimum atomic E-state index is -0.838. The molecule has 5 heteroatoms. The lowest BCUT2D eigenvalue weighted by Gasteiger charge is -2.20. The average Bonchev–Trinajstić information content (AvgIpc) is 2.67. The molecule has 0 aliphatic heterocycles. The number of hydrogen-bond donors (Lipinski definition) is 2. The van der Waals surface area contributed by atoms with E-state index in [-0.39, 0.29) is 0 Å². The number of nitrogens with zero attached hydrogens (tertiary/aromatic N) is 2. The zero-order valence-corrected chi connectivity index (χ0v) is 10.6. The number of pyridine rings is 1. The van der Waals surface area contributed by atoms with Crippen LogP contribution in [-0.2, 0) is 17.9 Å². The highest BCUT2D eigenvalue weighted by molar-refractivity contribution is 5.81. The molecular formula is C13H17N3O2. The van der Waals surface area contributed by atoms with E-state index >= 15 is 0 Å². The third-order valence-corrected chi connectivity index (χ3v) is 3.08. The molecule has 2 aromatic heterocycles. The standard InChI is InChI=1S/C13H17N3O2/c1-13(2,12(17)18)8-16-7-9(6-14)10-4-3-5-15-11(10)16/h3-5,7H,6,8,14H2,1-2H3,(H,17,18). The molecule has 2 aromatic rings. The predicted octanol–water partition coefficient (Wildman–Crippen LogP) is 1.61. The molecule has 0 aliphatic carbocycles. The van der Waals surface area contributed by atoms with Gasteiger partial charge in [0.15, 0.2) is 0 Å². The fraction of sp³-hybridized carbons (Fsp3) is 0.385.